The SMILES string of the molecule is CC1CCC(N)C(c2ccnn2-c2ccccc2)C1. The third-order valence-electron chi connectivity index (χ3n) is 4.22. The van der Waals surface area contributed by atoms with Gasteiger partial charge in [0.2, 0.25) is 0 Å². The summed E-state index contributed by atoms with van der Waals surface area (Å²) in [5.74, 6) is 1.18. The zero-order valence-electron chi connectivity index (χ0n) is 11.4. The van der Waals surface area contributed by atoms with Gasteiger partial charge in [-0.1, -0.05) is 25.1 Å². The van der Waals surface area contributed by atoms with Gasteiger partial charge in [-0.2, -0.15) is 5.10 Å². The highest BCUT2D eigenvalue weighted by Crippen LogP contribution is 2.35. The number of hydrogen-bond acceptors (Lipinski definition) is 2. The smallest absolute Gasteiger partial charge is 0.0648 e. The van der Waals surface area contributed by atoms with Crippen LogP contribution in [-0.4, -0.2) is 15.8 Å². The van der Waals surface area contributed by atoms with Crippen molar-refractivity contribution in [3.05, 3.63) is 48.3 Å². The number of nitrogens with two attached hydrogens (primary N) is 1. The molecule has 0 spiro atoms. The fourth-order valence-corrected chi connectivity index (χ4v) is 3.12. The van der Waals surface area contributed by atoms with E-state index in [0.717, 1.165) is 18.0 Å². The first-order valence-corrected chi connectivity index (χ1v) is 7.10. The van der Waals surface area contributed by atoms with E-state index in [2.05, 4.69) is 30.2 Å². The molecule has 0 bridgehead atoms. The minimum absolute atomic E-state index is 0.260. The average Bonchev–Trinajstić information content (AvgIpc) is 2.91. The van der Waals surface area contributed by atoms with Crippen LogP contribution in [0.25, 0.3) is 5.69 Å². The maximum atomic E-state index is 6.34. The van der Waals surface area contributed by atoms with Crippen LogP contribution in [0.2, 0.25) is 0 Å². The molecule has 3 rings (SSSR count). The Morgan fingerprint density at radius 3 is 2.74 bits per heavy atom. The fraction of sp³-hybridized carbons (Fsp3) is 0.438. The first kappa shape index (κ1) is 12.4. The first-order chi connectivity index (χ1) is 9.25. The van der Waals surface area contributed by atoms with Crippen LogP contribution in [0, 0.1) is 5.92 Å². The summed E-state index contributed by atoms with van der Waals surface area (Å²) < 4.78 is 2.04. The normalized spacial score (nSPS) is 27.4. The van der Waals surface area contributed by atoms with Crippen LogP contribution >= 0.6 is 0 Å². The molecule has 1 aromatic carbocycles. The van der Waals surface area contributed by atoms with Crippen molar-refractivity contribution in [1.82, 2.24) is 9.78 Å². The van der Waals surface area contributed by atoms with Gasteiger partial charge in [0, 0.05) is 23.9 Å². The van der Waals surface area contributed by atoms with Crippen molar-refractivity contribution in [3.63, 3.8) is 0 Å². The van der Waals surface area contributed by atoms with Gasteiger partial charge >= 0.3 is 0 Å². The highest BCUT2D eigenvalue weighted by molar-refractivity contribution is 5.33. The minimum atomic E-state index is 0.260. The van der Waals surface area contributed by atoms with Gasteiger partial charge in [0.05, 0.1) is 5.69 Å². The molecule has 0 aliphatic heterocycles. The third kappa shape index (κ3) is 2.43. The molecule has 1 aliphatic rings. The molecule has 19 heavy (non-hydrogen) atoms. The Morgan fingerprint density at radius 1 is 1.16 bits per heavy atom. The largest absolute Gasteiger partial charge is 0.327 e. The summed E-state index contributed by atoms with van der Waals surface area (Å²) in [6, 6.07) is 12.7. The lowest BCUT2D eigenvalue weighted by Gasteiger charge is -2.32. The molecule has 1 aliphatic carbocycles. The quantitative estimate of drug-likeness (QED) is 0.896. The van der Waals surface area contributed by atoms with Gasteiger partial charge in [-0.25, -0.2) is 4.68 Å². The molecule has 3 heteroatoms. The van der Waals surface area contributed by atoms with Crippen LogP contribution < -0.4 is 5.73 Å². The monoisotopic (exact) mass is 255 g/mol. The van der Waals surface area contributed by atoms with Crippen molar-refractivity contribution in [3.8, 4) is 5.69 Å². The van der Waals surface area contributed by atoms with Gasteiger partial charge in [-0.05, 0) is 43.4 Å². The predicted molar refractivity (Wildman–Crippen MR) is 77.3 cm³/mol. The summed E-state index contributed by atoms with van der Waals surface area (Å²) >= 11 is 0. The van der Waals surface area contributed by atoms with Gasteiger partial charge < -0.3 is 5.73 Å². The van der Waals surface area contributed by atoms with E-state index >= 15 is 0 Å². The summed E-state index contributed by atoms with van der Waals surface area (Å²) in [6.07, 6.45) is 5.41. The number of hydrogen-bond donors (Lipinski definition) is 1. The van der Waals surface area contributed by atoms with Crippen LogP contribution in [0.1, 0.15) is 37.8 Å². The average molecular weight is 255 g/mol. The highest BCUT2D eigenvalue weighted by atomic mass is 15.3. The molecule has 1 heterocycles. The maximum Gasteiger partial charge on any atom is 0.0648 e. The standard InChI is InChI=1S/C16H21N3/c1-12-7-8-15(17)14(11-12)16-9-10-18-19(16)13-5-3-2-4-6-13/h2-6,9-10,12,14-15H,7-8,11,17H2,1H3. The molecule has 2 aromatic rings. The van der Waals surface area contributed by atoms with Crippen molar-refractivity contribution < 1.29 is 0 Å². The topological polar surface area (TPSA) is 43.8 Å². The number of aromatic nitrogens is 2. The molecule has 1 aromatic heterocycles. The van der Waals surface area contributed by atoms with Gasteiger partial charge in [0.1, 0.15) is 0 Å². The molecule has 0 amide bonds. The summed E-state index contributed by atoms with van der Waals surface area (Å²) in [4.78, 5) is 0. The zero-order chi connectivity index (χ0) is 13.2. The van der Waals surface area contributed by atoms with E-state index in [9.17, 15) is 0 Å². The van der Waals surface area contributed by atoms with E-state index in [4.69, 9.17) is 5.73 Å². The lowest BCUT2D eigenvalue weighted by molar-refractivity contribution is 0.299. The van der Waals surface area contributed by atoms with Gasteiger partial charge in [-0.3, -0.25) is 0 Å². The fourth-order valence-electron chi connectivity index (χ4n) is 3.12. The number of rotatable bonds is 2. The van der Waals surface area contributed by atoms with Crippen molar-refractivity contribution in [1.29, 1.82) is 0 Å². The van der Waals surface area contributed by atoms with Crippen molar-refractivity contribution in [2.45, 2.75) is 38.1 Å². The van der Waals surface area contributed by atoms with Crippen LogP contribution in [0.15, 0.2) is 42.6 Å². The van der Waals surface area contributed by atoms with Gasteiger partial charge in [0.15, 0.2) is 0 Å². The highest BCUT2D eigenvalue weighted by Gasteiger charge is 2.29. The van der Waals surface area contributed by atoms with Crippen LogP contribution in [0.5, 0.6) is 0 Å². The Balaban J connectivity index is 1.96. The Kier molecular flexibility index (Phi) is 3.38. The van der Waals surface area contributed by atoms with Crippen LogP contribution in [0.3, 0.4) is 0 Å². The maximum absolute atomic E-state index is 6.34. The van der Waals surface area contributed by atoms with Crippen molar-refractivity contribution in [2.24, 2.45) is 11.7 Å². The Bertz CT molecular complexity index is 532. The van der Waals surface area contributed by atoms with Crippen LogP contribution in [0.4, 0.5) is 0 Å². The summed E-state index contributed by atoms with van der Waals surface area (Å²) in [6.45, 7) is 2.32. The molecule has 100 valence electrons. The minimum Gasteiger partial charge on any atom is -0.327 e. The molecule has 1 saturated carbocycles. The Morgan fingerprint density at radius 2 is 1.95 bits per heavy atom. The summed E-state index contributed by atoms with van der Waals surface area (Å²) in [5, 5.41) is 4.48. The second-order valence-electron chi connectivity index (χ2n) is 5.69. The van der Waals surface area contributed by atoms with E-state index in [0.29, 0.717) is 5.92 Å². The van der Waals surface area contributed by atoms with Gasteiger partial charge in [-0.15, -0.1) is 0 Å². The third-order valence-corrected chi connectivity index (χ3v) is 4.22. The van der Waals surface area contributed by atoms with E-state index in [1.54, 1.807) is 0 Å². The van der Waals surface area contributed by atoms with E-state index in [-0.39, 0.29) is 6.04 Å². The molecule has 3 atom stereocenters. The van der Waals surface area contributed by atoms with Crippen molar-refractivity contribution >= 4 is 0 Å². The molecule has 0 radical (unpaired) electrons. The molecule has 3 nitrogen and oxygen atoms in total. The lowest BCUT2D eigenvalue weighted by Crippen LogP contribution is -2.35. The van der Waals surface area contributed by atoms with E-state index in [1.165, 1.54) is 18.5 Å². The Labute approximate surface area is 114 Å². The second kappa shape index (κ2) is 5.17. The Hall–Kier alpha value is -1.61. The van der Waals surface area contributed by atoms with Crippen molar-refractivity contribution in [2.75, 3.05) is 0 Å². The zero-order valence-corrected chi connectivity index (χ0v) is 11.4. The van der Waals surface area contributed by atoms with E-state index < -0.39 is 0 Å². The molecular weight excluding hydrogens is 234 g/mol. The van der Waals surface area contributed by atoms with Gasteiger partial charge in [0.25, 0.3) is 0 Å². The molecule has 3 unspecified atom stereocenters. The molecular formula is C16H21N3. The summed E-state index contributed by atoms with van der Waals surface area (Å²) in [5.41, 5.74) is 8.71. The molecule has 0 saturated heterocycles. The summed E-state index contributed by atoms with van der Waals surface area (Å²) in [7, 11) is 0. The first-order valence-electron chi connectivity index (χ1n) is 7.10. The van der Waals surface area contributed by atoms with E-state index in [1.807, 2.05) is 29.1 Å². The molecule has 1 fully saturated rings. The number of nitrogens with zero attached hydrogens (tertiary/aromatic N) is 2. The second-order valence-corrected chi connectivity index (χ2v) is 5.69. The molecule has 2 N–H and O–H groups in total. The lowest BCUT2D eigenvalue weighted by atomic mass is 9.77. The number of benzene rings is 1. The van der Waals surface area contributed by atoms with Crippen LogP contribution in [-0.2, 0) is 0 Å². The predicted octanol–water partition coefficient (Wildman–Crippen LogP) is 3.10. The number of para-hydroxylation sites is 1.